The van der Waals surface area contributed by atoms with E-state index in [2.05, 4.69) is 0 Å². The third-order valence-electron chi connectivity index (χ3n) is 1.08. The Hall–Kier alpha value is -0.830. The molecule has 0 radical (unpaired) electrons. The first kappa shape index (κ1) is 8.17. The summed E-state index contributed by atoms with van der Waals surface area (Å²) in [5, 5.41) is 0. The quantitative estimate of drug-likeness (QED) is 0.244. The first-order valence-corrected chi connectivity index (χ1v) is 2.88. The van der Waals surface area contributed by atoms with Crippen LogP contribution in [-0.2, 0) is 4.79 Å². The number of amides is 1. The number of carbonyl (C=O) groups is 1. The van der Waals surface area contributed by atoms with Gasteiger partial charge in [0.25, 0.3) is 5.91 Å². The highest BCUT2D eigenvalue weighted by Crippen LogP contribution is 1.95. The molecule has 0 spiro atoms. The van der Waals surface area contributed by atoms with E-state index in [1.54, 1.807) is 0 Å². The van der Waals surface area contributed by atoms with Gasteiger partial charge in [0.2, 0.25) is 0 Å². The van der Waals surface area contributed by atoms with Crippen molar-refractivity contribution in [1.29, 1.82) is 0 Å². The summed E-state index contributed by atoms with van der Waals surface area (Å²) >= 11 is 0. The van der Waals surface area contributed by atoms with Crippen LogP contribution in [0, 0.1) is 0 Å². The molecule has 3 heteroatoms. The molecule has 0 heterocycles. The molecule has 52 valence electrons. The van der Waals surface area contributed by atoms with Crippen molar-refractivity contribution in [3.63, 3.8) is 0 Å². The lowest BCUT2D eigenvalue weighted by atomic mass is 10.2. The number of hydrazine groups is 1. The molecule has 0 aliphatic heterocycles. The first-order chi connectivity index (χ1) is 4.20. The van der Waals surface area contributed by atoms with Gasteiger partial charge in [-0.1, -0.05) is 12.5 Å². The van der Waals surface area contributed by atoms with Gasteiger partial charge in [0, 0.05) is 6.08 Å². The summed E-state index contributed by atoms with van der Waals surface area (Å²) < 4.78 is 0. The van der Waals surface area contributed by atoms with E-state index in [0.717, 1.165) is 12.0 Å². The van der Waals surface area contributed by atoms with Crippen molar-refractivity contribution in [3.05, 3.63) is 11.6 Å². The Kier molecular flexibility index (Phi) is 3.71. The lowest BCUT2D eigenvalue weighted by molar-refractivity contribution is -0.116. The fourth-order valence-electron chi connectivity index (χ4n) is 0.368. The molecule has 0 rings (SSSR count). The summed E-state index contributed by atoms with van der Waals surface area (Å²) in [6.07, 6.45) is 2.37. The number of carbonyl (C=O) groups excluding carboxylic acids is 1. The minimum Gasteiger partial charge on any atom is -0.291 e. The van der Waals surface area contributed by atoms with Crippen LogP contribution >= 0.6 is 0 Å². The molecule has 9 heavy (non-hydrogen) atoms. The van der Waals surface area contributed by atoms with Crippen molar-refractivity contribution < 1.29 is 4.79 Å². The number of hydrogen-bond acceptors (Lipinski definition) is 2. The predicted octanol–water partition coefficient (Wildman–Crippen LogP) is 0.333. The van der Waals surface area contributed by atoms with E-state index in [4.69, 9.17) is 5.84 Å². The maximum absolute atomic E-state index is 10.5. The molecule has 0 aliphatic carbocycles. The van der Waals surface area contributed by atoms with E-state index in [0.29, 0.717) is 0 Å². The summed E-state index contributed by atoms with van der Waals surface area (Å²) in [7, 11) is 0. The maximum atomic E-state index is 10.5. The predicted molar refractivity (Wildman–Crippen MR) is 36.4 cm³/mol. The van der Waals surface area contributed by atoms with Gasteiger partial charge in [0.1, 0.15) is 0 Å². The zero-order valence-corrected chi connectivity index (χ0v) is 5.77. The fraction of sp³-hybridized carbons (Fsp3) is 0.500. The second-order valence-corrected chi connectivity index (χ2v) is 1.85. The largest absolute Gasteiger partial charge is 0.291 e. The molecule has 3 nitrogen and oxygen atoms in total. The minimum atomic E-state index is -0.241. The van der Waals surface area contributed by atoms with Crippen LogP contribution in [0.25, 0.3) is 0 Å². The van der Waals surface area contributed by atoms with E-state index in [1.165, 1.54) is 6.08 Å². The summed E-state index contributed by atoms with van der Waals surface area (Å²) in [5.74, 6) is 4.59. The monoisotopic (exact) mass is 128 g/mol. The third-order valence-corrected chi connectivity index (χ3v) is 1.08. The van der Waals surface area contributed by atoms with Gasteiger partial charge in [0.15, 0.2) is 0 Å². The van der Waals surface area contributed by atoms with Crippen LogP contribution in [0.5, 0.6) is 0 Å². The highest BCUT2D eigenvalue weighted by molar-refractivity contribution is 5.87. The number of hydrogen-bond donors (Lipinski definition) is 2. The zero-order valence-electron chi connectivity index (χ0n) is 5.77. The molecule has 0 fully saturated rings. The van der Waals surface area contributed by atoms with Crippen LogP contribution < -0.4 is 11.3 Å². The highest BCUT2D eigenvalue weighted by atomic mass is 16.2. The Morgan fingerprint density at radius 3 is 2.67 bits per heavy atom. The zero-order chi connectivity index (χ0) is 7.28. The van der Waals surface area contributed by atoms with Gasteiger partial charge >= 0.3 is 0 Å². The number of rotatable bonds is 2. The van der Waals surface area contributed by atoms with E-state index in [9.17, 15) is 4.79 Å². The summed E-state index contributed by atoms with van der Waals surface area (Å²) in [5.41, 5.74) is 3.04. The molecular formula is C6H12N2O. The van der Waals surface area contributed by atoms with Gasteiger partial charge in [-0.3, -0.25) is 10.2 Å². The average Bonchev–Trinajstić information content (AvgIpc) is 1.87. The highest BCUT2D eigenvalue weighted by Gasteiger charge is 1.90. The smallest absolute Gasteiger partial charge is 0.257 e. The number of nitrogens with two attached hydrogens (primary N) is 1. The molecule has 1 amide bonds. The molecule has 0 aromatic rings. The Morgan fingerprint density at radius 1 is 1.78 bits per heavy atom. The first-order valence-electron chi connectivity index (χ1n) is 2.88. The molecule has 0 aromatic heterocycles. The van der Waals surface area contributed by atoms with Gasteiger partial charge in [-0.05, 0) is 13.3 Å². The summed E-state index contributed by atoms with van der Waals surface area (Å²) in [4.78, 5) is 10.5. The lowest BCUT2D eigenvalue weighted by Crippen LogP contribution is -2.28. The molecule has 0 aromatic carbocycles. The van der Waals surface area contributed by atoms with Crippen LogP contribution in [0.15, 0.2) is 11.6 Å². The van der Waals surface area contributed by atoms with Crippen LogP contribution in [0.4, 0.5) is 0 Å². The summed E-state index contributed by atoms with van der Waals surface area (Å²) in [6.45, 7) is 3.87. The van der Waals surface area contributed by atoms with Crippen molar-refractivity contribution in [2.24, 2.45) is 5.84 Å². The van der Waals surface area contributed by atoms with E-state index < -0.39 is 0 Å². The Labute approximate surface area is 54.9 Å². The van der Waals surface area contributed by atoms with Crippen molar-refractivity contribution in [3.8, 4) is 0 Å². The molecule has 0 unspecified atom stereocenters. The molecule has 0 saturated heterocycles. The maximum Gasteiger partial charge on any atom is 0.257 e. The van der Waals surface area contributed by atoms with Crippen LogP contribution in [0.1, 0.15) is 20.3 Å². The van der Waals surface area contributed by atoms with Crippen molar-refractivity contribution in [2.75, 3.05) is 0 Å². The third kappa shape index (κ3) is 3.73. The van der Waals surface area contributed by atoms with Gasteiger partial charge in [-0.2, -0.15) is 0 Å². The van der Waals surface area contributed by atoms with Crippen LogP contribution in [0.3, 0.4) is 0 Å². The van der Waals surface area contributed by atoms with E-state index in [1.807, 2.05) is 19.3 Å². The van der Waals surface area contributed by atoms with Crippen LogP contribution in [-0.4, -0.2) is 5.91 Å². The normalized spacial score (nSPS) is 11.2. The molecule has 0 aliphatic rings. The van der Waals surface area contributed by atoms with E-state index >= 15 is 0 Å². The van der Waals surface area contributed by atoms with Crippen molar-refractivity contribution >= 4 is 5.91 Å². The van der Waals surface area contributed by atoms with Gasteiger partial charge < -0.3 is 0 Å². The van der Waals surface area contributed by atoms with Crippen molar-refractivity contribution in [1.82, 2.24) is 5.43 Å². The lowest BCUT2D eigenvalue weighted by Gasteiger charge is -1.93. The second-order valence-electron chi connectivity index (χ2n) is 1.85. The fourth-order valence-corrected chi connectivity index (χ4v) is 0.368. The molecule has 0 saturated carbocycles. The average molecular weight is 128 g/mol. The van der Waals surface area contributed by atoms with Gasteiger partial charge in [-0.25, -0.2) is 5.84 Å². The standard InChI is InChI=1S/C6H12N2O/c1-3-5(2)4-6(9)8-7/h4H,3,7H2,1-2H3,(H,8,9)/b5-4+. The molecule has 0 bridgehead atoms. The molecule has 0 atom stereocenters. The Morgan fingerprint density at radius 2 is 2.33 bits per heavy atom. The molecule has 3 N–H and O–H groups in total. The second kappa shape index (κ2) is 4.09. The topological polar surface area (TPSA) is 55.1 Å². The van der Waals surface area contributed by atoms with Crippen molar-refractivity contribution in [2.45, 2.75) is 20.3 Å². The minimum absolute atomic E-state index is 0.241. The molecular weight excluding hydrogens is 116 g/mol. The SMILES string of the molecule is CC/C(C)=C/C(=O)NN. The van der Waals surface area contributed by atoms with Crippen LogP contribution in [0.2, 0.25) is 0 Å². The van der Waals surface area contributed by atoms with Gasteiger partial charge in [0.05, 0.1) is 0 Å². The summed E-state index contributed by atoms with van der Waals surface area (Å²) in [6, 6.07) is 0. The Bertz CT molecular complexity index is 129. The Balaban J connectivity index is 3.79. The number of allylic oxidation sites excluding steroid dienone is 1. The van der Waals surface area contributed by atoms with E-state index in [-0.39, 0.29) is 5.91 Å². The van der Waals surface area contributed by atoms with Gasteiger partial charge in [-0.15, -0.1) is 0 Å². The number of nitrogens with one attached hydrogen (secondary N) is 1.